The van der Waals surface area contributed by atoms with E-state index in [9.17, 15) is 24.6 Å². The molecule has 1 amide bonds. The summed E-state index contributed by atoms with van der Waals surface area (Å²) in [4.78, 5) is 38.7. The molecule has 1 heterocycles. The minimum absolute atomic E-state index is 0.0137. The Morgan fingerprint density at radius 3 is 2.64 bits per heavy atom. The fourth-order valence-corrected chi connectivity index (χ4v) is 9.45. The average Bonchev–Trinajstić information content (AvgIpc) is 3.50. The van der Waals surface area contributed by atoms with E-state index in [-0.39, 0.29) is 29.4 Å². The van der Waals surface area contributed by atoms with Crippen LogP contribution in [0, 0.1) is 28.6 Å². The SMILES string of the molecule is C[C@]12C=CC(=O)C=C1CC[C@@H]1[C@@H]2[C@@H](O)C[C@@]2(C)[C@H]1C[C@H]1O[C@@H](c3ccc(C(=O)Nc4cccc(N)c4)cc3)O[C@]12C(=O)CO. The van der Waals surface area contributed by atoms with E-state index in [1.165, 1.54) is 0 Å². The van der Waals surface area contributed by atoms with E-state index >= 15 is 0 Å². The topological polar surface area (TPSA) is 148 Å². The summed E-state index contributed by atoms with van der Waals surface area (Å²) in [5.41, 5.74) is 6.45. The summed E-state index contributed by atoms with van der Waals surface area (Å²) in [7, 11) is 0. The number of amides is 1. The molecule has 4 fully saturated rings. The zero-order chi connectivity index (χ0) is 31.0. The van der Waals surface area contributed by atoms with Gasteiger partial charge in [-0.1, -0.05) is 43.7 Å². The summed E-state index contributed by atoms with van der Waals surface area (Å²) in [5, 5.41) is 24.8. The van der Waals surface area contributed by atoms with Crippen molar-refractivity contribution >= 4 is 28.8 Å². The molecule has 4 aliphatic carbocycles. The number of ether oxygens (including phenoxy) is 2. The lowest BCUT2D eigenvalue weighted by molar-refractivity contribution is -0.201. The van der Waals surface area contributed by atoms with Gasteiger partial charge in [-0.15, -0.1) is 0 Å². The Bertz CT molecular complexity index is 1600. The van der Waals surface area contributed by atoms with Crippen molar-refractivity contribution in [3.63, 3.8) is 0 Å². The van der Waals surface area contributed by atoms with Crippen LogP contribution in [0.2, 0.25) is 0 Å². The minimum atomic E-state index is -1.43. The van der Waals surface area contributed by atoms with Gasteiger partial charge in [-0.05, 0) is 80.0 Å². The van der Waals surface area contributed by atoms with Crippen LogP contribution in [-0.4, -0.2) is 52.1 Å². The summed E-state index contributed by atoms with van der Waals surface area (Å²) in [6.45, 7) is 3.42. The molecule has 0 unspecified atom stereocenters. The van der Waals surface area contributed by atoms with Crippen LogP contribution in [0.3, 0.4) is 0 Å². The van der Waals surface area contributed by atoms with Gasteiger partial charge in [-0.2, -0.15) is 0 Å². The summed E-state index contributed by atoms with van der Waals surface area (Å²) >= 11 is 0. The van der Waals surface area contributed by atoms with E-state index in [4.69, 9.17) is 15.2 Å². The number of Topliss-reactive ketones (excluding diaryl/α,β-unsaturated/α-hetero) is 1. The zero-order valence-electron chi connectivity index (χ0n) is 24.9. The van der Waals surface area contributed by atoms with E-state index in [0.29, 0.717) is 35.3 Å². The van der Waals surface area contributed by atoms with Crippen molar-refractivity contribution in [3.05, 3.63) is 83.5 Å². The number of carbonyl (C=O) groups is 3. The Morgan fingerprint density at radius 1 is 1.14 bits per heavy atom. The molecule has 7 rings (SSSR count). The van der Waals surface area contributed by atoms with E-state index < -0.39 is 47.3 Å². The number of ketones is 2. The van der Waals surface area contributed by atoms with Gasteiger partial charge >= 0.3 is 0 Å². The number of rotatable bonds is 5. The number of hydrogen-bond acceptors (Lipinski definition) is 8. The summed E-state index contributed by atoms with van der Waals surface area (Å²) in [6.07, 6.45) is 5.48. The number of carbonyl (C=O) groups excluding carboxylic acids is 3. The van der Waals surface area contributed by atoms with E-state index in [2.05, 4.69) is 12.2 Å². The fourth-order valence-electron chi connectivity index (χ4n) is 9.45. The molecule has 2 aromatic carbocycles. The number of nitrogen functional groups attached to an aromatic ring is 1. The predicted molar refractivity (Wildman–Crippen MR) is 162 cm³/mol. The Balaban J connectivity index is 1.15. The van der Waals surface area contributed by atoms with Crippen molar-refractivity contribution in [1.29, 1.82) is 0 Å². The maximum absolute atomic E-state index is 13.7. The fraction of sp³-hybridized carbons (Fsp3) is 0.457. The molecular formula is C35H38N2O7. The predicted octanol–water partition coefficient (Wildman–Crippen LogP) is 4.12. The third-order valence-corrected chi connectivity index (χ3v) is 11.4. The average molecular weight is 599 g/mol. The normalized spacial score (nSPS) is 38.6. The van der Waals surface area contributed by atoms with Crippen LogP contribution < -0.4 is 11.1 Å². The molecule has 5 N–H and O–H groups in total. The lowest BCUT2D eigenvalue weighted by atomic mass is 9.46. The van der Waals surface area contributed by atoms with Crippen LogP contribution in [-0.2, 0) is 19.1 Å². The van der Waals surface area contributed by atoms with Gasteiger partial charge in [0.15, 0.2) is 23.5 Å². The molecule has 0 radical (unpaired) electrons. The first kappa shape index (κ1) is 29.1. The number of allylic oxidation sites excluding steroid dienone is 4. The number of nitrogens with two attached hydrogens (primary N) is 1. The minimum Gasteiger partial charge on any atom is -0.399 e. The largest absolute Gasteiger partial charge is 0.399 e. The second-order valence-electron chi connectivity index (χ2n) is 13.5. The highest BCUT2D eigenvalue weighted by molar-refractivity contribution is 6.04. The number of nitrogens with one attached hydrogen (secondary N) is 1. The highest BCUT2D eigenvalue weighted by Gasteiger charge is 2.75. The maximum atomic E-state index is 13.7. The molecule has 9 atom stereocenters. The van der Waals surface area contributed by atoms with Crippen LogP contribution in [0.5, 0.6) is 0 Å². The van der Waals surface area contributed by atoms with Crippen molar-refractivity contribution in [2.24, 2.45) is 28.6 Å². The maximum Gasteiger partial charge on any atom is 0.255 e. The molecule has 230 valence electrons. The van der Waals surface area contributed by atoms with Gasteiger partial charge in [-0.3, -0.25) is 14.4 Å². The van der Waals surface area contributed by atoms with Gasteiger partial charge in [0.05, 0.1) is 12.2 Å². The lowest BCUT2D eigenvalue weighted by Crippen LogP contribution is -2.63. The number of aliphatic hydroxyl groups excluding tert-OH is 2. The Hall–Kier alpha value is -3.63. The van der Waals surface area contributed by atoms with Gasteiger partial charge in [0.2, 0.25) is 0 Å². The molecule has 2 aromatic rings. The standard InChI is InChI=1S/C35H38N2O7/c1-33-13-12-24(39)14-21(33)10-11-25-26-16-29-35(28(41)18-38,34(26,2)17-27(40)30(25)33)44-32(43-29)20-8-6-19(7-9-20)31(42)37-23-5-3-4-22(36)15-23/h3-9,12-15,25-27,29-30,32,38,40H,10-11,16-18,36H2,1-2H3,(H,37,42)/t25-,26-,27-,29+,30+,32+,33-,34-,35+/m0/s1. The van der Waals surface area contributed by atoms with Crippen molar-refractivity contribution in [3.8, 4) is 0 Å². The third-order valence-electron chi connectivity index (χ3n) is 11.4. The second-order valence-corrected chi connectivity index (χ2v) is 13.5. The summed E-state index contributed by atoms with van der Waals surface area (Å²) in [6, 6.07) is 13.8. The Labute approximate surface area is 256 Å². The molecule has 9 nitrogen and oxygen atoms in total. The van der Waals surface area contributed by atoms with Gasteiger partial charge in [0.25, 0.3) is 5.91 Å². The van der Waals surface area contributed by atoms with E-state index in [1.807, 2.05) is 13.0 Å². The van der Waals surface area contributed by atoms with Gasteiger partial charge in [0.1, 0.15) is 6.61 Å². The van der Waals surface area contributed by atoms with Crippen LogP contribution in [0.4, 0.5) is 11.4 Å². The molecule has 0 aromatic heterocycles. The van der Waals surface area contributed by atoms with Crippen molar-refractivity contribution < 1.29 is 34.1 Å². The second kappa shape index (κ2) is 10.2. The number of hydrogen-bond donors (Lipinski definition) is 4. The number of benzene rings is 2. The van der Waals surface area contributed by atoms with Gasteiger partial charge < -0.3 is 30.7 Å². The Kier molecular flexibility index (Phi) is 6.75. The summed E-state index contributed by atoms with van der Waals surface area (Å²) < 4.78 is 13.1. The van der Waals surface area contributed by atoms with Crippen LogP contribution in [0.1, 0.15) is 61.7 Å². The first-order valence-corrected chi connectivity index (χ1v) is 15.4. The smallest absolute Gasteiger partial charge is 0.255 e. The molecule has 0 bridgehead atoms. The highest BCUT2D eigenvalue weighted by atomic mass is 16.7. The quantitative estimate of drug-likeness (QED) is 0.376. The van der Waals surface area contributed by atoms with Crippen molar-refractivity contribution in [2.75, 3.05) is 17.7 Å². The highest BCUT2D eigenvalue weighted by Crippen LogP contribution is 2.70. The van der Waals surface area contributed by atoms with Crippen LogP contribution in [0.15, 0.2) is 72.3 Å². The molecule has 0 spiro atoms. The van der Waals surface area contributed by atoms with E-state index in [1.54, 1.807) is 60.7 Å². The third kappa shape index (κ3) is 4.10. The summed E-state index contributed by atoms with van der Waals surface area (Å²) in [5.74, 6) is -0.758. The molecule has 1 saturated heterocycles. The van der Waals surface area contributed by atoms with Crippen LogP contribution in [0.25, 0.3) is 0 Å². The first-order valence-electron chi connectivity index (χ1n) is 15.4. The van der Waals surface area contributed by atoms with Gasteiger partial charge in [0, 0.05) is 39.2 Å². The zero-order valence-corrected chi connectivity index (χ0v) is 24.9. The van der Waals surface area contributed by atoms with Crippen LogP contribution >= 0.6 is 0 Å². The molecule has 5 aliphatic rings. The van der Waals surface area contributed by atoms with E-state index in [0.717, 1.165) is 18.4 Å². The number of aliphatic hydroxyl groups is 2. The first-order chi connectivity index (χ1) is 21.0. The molecule has 3 saturated carbocycles. The van der Waals surface area contributed by atoms with Gasteiger partial charge in [-0.25, -0.2) is 0 Å². The van der Waals surface area contributed by atoms with Crippen molar-refractivity contribution in [1.82, 2.24) is 0 Å². The number of fused-ring (bicyclic) bond motifs is 7. The number of anilines is 2. The molecule has 1 aliphatic heterocycles. The monoisotopic (exact) mass is 598 g/mol. The van der Waals surface area contributed by atoms with Crippen molar-refractivity contribution in [2.45, 2.75) is 63.6 Å². The molecular weight excluding hydrogens is 560 g/mol. The Morgan fingerprint density at radius 2 is 1.91 bits per heavy atom. The molecule has 44 heavy (non-hydrogen) atoms. The lowest BCUT2D eigenvalue weighted by Gasteiger charge is -2.59. The molecule has 9 heteroatoms.